The molecular weight excluding hydrogens is 444 g/mol. The number of likely N-dealkylation sites (tertiary alicyclic amines) is 1. The number of aliphatic hydroxyl groups is 1. The van der Waals surface area contributed by atoms with Crippen LogP contribution in [0.5, 0.6) is 0 Å². The SMILES string of the molecule is CCOC(=O)[C@H]1[C@@H]2O[C@@]3(CC2Br)[C@@H]1C(=O)N(CCO)[C@@H]3C(=O)NC1CCCCC1. The topological polar surface area (TPSA) is 105 Å². The van der Waals surface area contributed by atoms with Gasteiger partial charge in [0.15, 0.2) is 0 Å². The lowest BCUT2D eigenvalue weighted by molar-refractivity contribution is -0.154. The van der Waals surface area contributed by atoms with Crippen molar-refractivity contribution in [3.05, 3.63) is 0 Å². The molecule has 4 rings (SSSR count). The van der Waals surface area contributed by atoms with Gasteiger partial charge in [-0.2, -0.15) is 0 Å². The molecule has 8 nitrogen and oxygen atoms in total. The third kappa shape index (κ3) is 3.29. The lowest BCUT2D eigenvalue weighted by Gasteiger charge is -2.35. The molecule has 0 aromatic heterocycles. The maximum absolute atomic E-state index is 13.4. The van der Waals surface area contributed by atoms with Gasteiger partial charge in [-0.25, -0.2) is 0 Å². The Hall–Kier alpha value is -1.19. The van der Waals surface area contributed by atoms with Crippen LogP contribution in [0.25, 0.3) is 0 Å². The summed E-state index contributed by atoms with van der Waals surface area (Å²) in [5.41, 5.74) is -1.07. The fourth-order valence-corrected chi connectivity index (χ4v) is 6.76. The van der Waals surface area contributed by atoms with E-state index in [2.05, 4.69) is 21.2 Å². The molecule has 4 fully saturated rings. The van der Waals surface area contributed by atoms with Crippen LogP contribution in [0.15, 0.2) is 0 Å². The number of nitrogens with one attached hydrogen (secondary N) is 1. The zero-order valence-corrected chi connectivity index (χ0v) is 18.2. The largest absolute Gasteiger partial charge is 0.466 e. The molecule has 9 heteroatoms. The Morgan fingerprint density at radius 1 is 1.34 bits per heavy atom. The molecule has 1 saturated carbocycles. The molecule has 6 atom stereocenters. The van der Waals surface area contributed by atoms with Crippen LogP contribution < -0.4 is 5.32 Å². The van der Waals surface area contributed by atoms with Crippen molar-refractivity contribution in [2.24, 2.45) is 11.8 Å². The predicted octanol–water partition coefficient (Wildman–Crippen LogP) is 0.739. The van der Waals surface area contributed by atoms with Crippen molar-refractivity contribution in [3.8, 4) is 0 Å². The molecule has 0 radical (unpaired) electrons. The van der Waals surface area contributed by atoms with Gasteiger partial charge in [0, 0.05) is 17.4 Å². The van der Waals surface area contributed by atoms with Gasteiger partial charge in [-0.15, -0.1) is 0 Å². The lowest BCUT2D eigenvalue weighted by atomic mass is 9.70. The van der Waals surface area contributed by atoms with Gasteiger partial charge in [-0.05, 0) is 26.2 Å². The second kappa shape index (κ2) is 8.15. The fourth-order valence-electron chi connectivity index (χ4n) is 5.81. The highest BCUT2D eigenvalue weighted by molar-refractivity contribution is 9.09. The number of hydrogen-bond donors (Lipinski definition) is 2. The number of carbonyl (C=O) groups is 3. The maximum atomic E-state index is 13.4. The minimum atomic E-state index is -1.07. The molecule has 162 valence electrons. The molecule has 3 heterocycles. The van der Waals surface area contributed by atoms with Crippen LogP contribution in [0.1, 0.15) is 45.4 Å². The highest BCUT2D eigenvalue weighted by Gasteiger charge is 2.76. The number of carbonyl (C=O) groups excluding carboxylic acids is 3. The lowest BCUT2D eigenvalue weighted by Crippen LogP contribution is -2.57. The van der Waals surface area contributed by atoms with E-state index in [9.17, 15) is 19.5 Å². The standard InChI is InChI=1S/C20H29BrN2O6/c1-2-28-19(27)13-14-18(26)23(8-9-24)16(20(14)10-12(21)15(13)29-20)17(25)22-11-6-4-3-5-7-11/h11-16,24H,2-10H2,1H3,(H,22,25)/t12?,13-,14+,15-,16-,20+/m1/s1. The normalized spacial score (nSPS) is 38.9. The van der Waals surface area contributed by atoms with E-state index in [-0.39, 0.29) is 42.4 Å². The van der Waals surface area contributed by atoms with E-state index in [0.717, 1.165) is 25.7 Å². The van der Waals surface area contributed by atoms with E-state index >= 15 is 0 Å². The molecule has 1 spiro atoms. The van der Waals surface area contributed by atoms with Crippen molar-refractivity contribution < 1.29 is 29.0 Å². The third-order valence-electron chi connectivity index (χ3n) is 6.89. The first-order valence-corrected chi connectivity index (χ1v) is 11.6. The number of halogens is 1. The number of fused-ring (bicyclic) bond motifs is 1. The number of ether oxygens (including phenoxy) is 2. The molecule has 29 heavy (non-hydrogen) atoms. The Morgan fingerprint density at radius 2 is 2.07 bits per heavy atom. The number of rotatable bonds is 6. The first-order chi connectivity index (χ1) is 13.9. The Bertz CT molecular complexity index is 684. The second-order valence-corrected chi connectivity index (χ2v) is 9.69. The number of hydrogen-bond acceptors (Lipinski definition) is 6. The van der Waals surface area contributed by atoms with E-state index in [0.29, 0.717) is 6.42 Å². The molecule has 3 aliphatic heterocycles. The van der Waals surface area contributed by atoms with E-state index in [1.165, 1.54) is 11.3 Å². The van der Waals surface area contributed by atoms with Crippen molar-refractivity contribution in [3.63, 3.8) is 0 Å². The molecule has 4 aliphatic rings. The Kier molecular flexibility index (Phi) is 5.92. The van der Waals surface area contributed by atoms with Crippen molar-refractivity contribution in [1.29, 1.82) is 0 Å². The van der Waals surface area contributed by atoms with E-state index in [4.69, 9.17) is 9.47 Å². The Morgan fingerprint density at radius 3 is 2.72 bits per heavy atom. The van der Waals surface area contributed by atoms with E-state index < -0.39 is 35.6 Å². The number of β-amino-alcohol motifs (C(OH)–C–C–N with tert-alkyl or cyclic N) is 1. The smallest absolute Gasteiger partial charge is 0.312 e. The van der Waals surface area contributed by atoms with Crippen molar-refractivity contribution in [2.75, 3.05) is 19.8 Å². The summed E-state index contributed by atoms with van der Waals surface area (Å²) in [4.78, 5) is 40.7. The van der Waals surface area contributed by atoms with E-state index in [1.807, 2.05) is 0 Å². The van der Waals surface area contributed by atoms with Crippen LogP contribution in [0.3, 0.4) is 0 Å². The second-order valence-electron chi connectivity index (χ2n) is 8.51. The predicted molar refractivity (Wildman–Crippen MR) is 106 cm³/mol. The molecule has 0 aromatic rings. The van der Waals surface area contributed by atoms with Crippen LogP contribution >= 0.6 is 15.9 Å². The minimum Gasteiger partial charge on any atom is -0.466 e. The highest BCUT2D eigenvalue weighted by atomic mass is 79.9. The van der Waals surface area contributed by atoms with Crippen molar-refractivity contribution >= 4 is 33.7 Å². The summed E-state index contributed by atoms with van der Waals surface area (Å²) in [5, 5.41) is 12.7. The van der Waals surface area contributed by atoms with Gasteiger partial charge in [0.25, 0.3) is 0 Å². The fraction of sp³-hybridized carbons (Fsp3) is 0.850. The van der Waals surface area contributed by atoms with Gasteiger partial charge in [0.1, 0.15) is 11.6 Å². The molecular formula is C20H29BrN2O6. The highest BCUT2D eigenvalue weighted by Crippen LogP contribution is 2.60. The molecule has 2 bridgehead atoms. The number of alkyl halides is 1. The summed E-state index contributed by atoms with van der Waals surface area (Å²) in [5.74, 6) is -2.50. The van der Waals surface area contributed by atoms with Crippen molar-refractivity contribution in [1.82, 2.24) is 10.2 Å². The summed E-state index contributed by atoms with van der Waals surface area (Å²) in [6.45, 7) is 1.72. The summed E-state index contributed by atoms with van der Waals surface area (Å²) >= 11 is 3.60. The molecule has 0 aromatic carbocycles. The van der Waals surface area contributed by atoms with Gasteiger partial charge >= 0.3 is 5.97 Å². The Balaban J connectivity index is 1.65. The van der Waals surface area contributed by atoms with Gasteiger partial charge in [-0.3, -0.25) is 14.4 Å². The number of amides is 2. The molecule has 3 saturated heterocycles. The third-order valence-corrected chi connectivity index (χ3v) is 7.73. The summed E-state index contributed by atoms with van der Waals surface area (Å²) < 4.78 is 11.5. The minimum absolute atomic E-state index is 0.0381. The zero-order chi connectivity index (χ0) is 20.8. The average molecular weight is 473 g/mol. The van der Waals surface area contributed by atoms with Gasteiger partial charge in [0.05, 0.1) is 31.2 Å². The van der Waals surface area contributed by atoms with Crippen LogP contribution in [-0.2, 0) is 23.9 Å². The monoisotopic (exact) mass is 472 g/mol. The summed E-state index contributed by atoms with van der Waals surface area (Å²) in [7, 11) is 0. The number of aliphatic hydroxyl groups excluding tert-OH is 1. The van der Waals surface area contributed by atoms with Crippen LogP contribution in [0.2, 0.25) is 0 Å². The van der Waals surface area contributed by atoms with E-state index in [1.54, 1.807) is 6.92 Å². The number of esters is 1. The molecule has 1 aliphatic carbocycles. The first kappa shape index (κ1) is 21.1. The molecule has 2 N–H and O–H groups in total. The van der Waals surface area contributed by atoms with Crippen LogP contribution in [-0.4, -0.2) is 76.2 Å². The Labute approximate surface area is 178 Å². The quantitative estimate of drug-likeness (QED) is 0.436. The van der Waals surface area contributed by atoms with Gasteiger partial charge < -0.3 is 24.8 Å². The van der Waals surface area contributed by atoms with Crippen molar-refractivity contribution in [2.45, 2.75) is 74.1 Å². The molecule has 2 amide bonds. The van der Waals surface area contributed by atoms with Gasteiger partial charge in [-0.1, -0.05) is 35.2 Å². The van der Waals surface area contributed by atoms with Crippen LogP contribution in [0, 0.1) is 11.8 Å². The summed E-state index contributed by atoms with van der Waals surface area (Å²) in [6, 6.07) is -0.754. The van der Waals surface area contributed by atoms with Gasteiger partial charge in [0.2, 0.25) is 11.8 Å². The molecule has 1 unspecified atom stereocenters. The zero-order valence-electron chi connectivity index (χ0n) is 16.6. The first-order valence-electron chi connectivity index (χ1n) is 10.6. The van der Waals surface area contributed by atoms with Crippen LogP contribution in [0.4, 0.5) is 0 Å². The maximum Gasteiger partial charge on any atom is 0.312 e. The number of nitrogens with zero attached hydrogens (tertiary/aromatic N) is 1. The average Bonchev–Trinajstić information content (AvgIpc) is 3.27. The summed E-state index contributed by atoms with van der Waals surface area (Å²) in [6.07, 6.45) is 5.16.